The SMILES string of the molecule is COC1=CC=C(CC(C)C)CC1C. The summed E-state index contributed by atoms with van der Waals surface area (Å²) in [6.45, 7) is 6.75. The third kappa shape index (κ3) is 2.91. The van der Waals surface area contributed by atoms with Crippen molar-refractivity contribution in [3.8, 4) is 0 Å². The van der Waals surface area contributed by atoms with Gasteiger partial charge in [-0.15, -0.1) is 0 Å². The highest BCUT2D eigenvalue weighted by Gasteiger charge is 2.15. The van der Waals surface area contributed by atoms with E-state index in [4.69, 9.17) is 4.74 Å². The Morgan fingerprint density at radius 2 is 2.15 bits per heavy atom. The van der Waals surface area contributed by atoms with E-state index in [9.17, 15) is 0 Å². The van der Waals surface area contributed by atoms with Gasteiger partial charge in [0.2, 0.25) is 0 Å². The molecule has 1 unspecified atom stereocenters. The molecule has 1 rings (SSSR count). The minimum Gasteiger partial charge on any atom is -0.501 e. The molecule has 0 heterocycles. The second kappa shape index (κ2) is 4.50. The first-order valence-corrected chi connectivity index (χ1v) is 5.07. The molecular formula is C12H20O. The summed E-state index contributed by atoms with van der Waals surface area (Å²) in [5, 5.41) is 0. The average molecular weight is 180 g/mol. The lowest BCUT2D eigenvalue weighted by molar-refractivity contribution is 0.243. The number of ether oxygens (including phenoxy) is 1. The molecule has 74 valence electrons. The molecular weight excluding hydrogens is 160 g/mol. The standard InChI is InChI=1S/C12H20O/c1-9(2)7-11-5-6-12(13-4)10(3)8-11/h5-6,9-10H,7-8H2,1-4H3. The van der Waals surface area contributed by atoms with Gasteiger partial charge >= 0.3 is 0 Å². The van der Waals surface area contributed by atoms with Crippen molar-refractivity contribution in [3.05, 3.63) is 23.5 Å². The highest BCUT2D eigenvalue weighted by Crippen LogP contribution is 2.28. The molecule has 0 aromatic carbocycles. The second-order valence-electron chi connectivity index (χ2n) is 4.30. The molecule has 0 aromatic rings. The Kier molecular flexibility index (Phi) is 3.58. The summed E-state index contributed by atoms with van der Waals surface area (Å²) in [6.07, 6.45) is 6.72. The van der Waals surface area contributed by atoms with E-state index in [0.717, 1.165) is 18.1 Å². The van der Waals surface area contributed by atoms with Crippen LogP contribution in [0.15, 0.2) is 23.5 Å². The topological polar surface area (TPSA) is 9.23 Å². The van der Waals surface area contributed by atoms with E-state index < -0.39 is 0 Å². The first-order chi connectivity index (χ1) is 6.13. The fourth-order valence-corrected chi connectivity index (χ4v) is 1.87. The fraction of sp³-hybridized carbons (Fsp3) is 0.667. The van der Waals surface area contributed by atoms with Crippen LogP contribution in [0, 0.1) is 11.8 Å². The molecule has 0 radical (unpaired) electrons. The van der Waals surface area contributed by atoms with Gasteiger partial charge in [0, 0.05) is 5.92 Å². The zero-order valence-corrected chi connectivity index (χ0v) is 9.13. The highest BCUT2D eigenvalue weighted by atomic mass is 16.5. The summed E-state index contributed by atoms with van der Waals surface area (Å²) >= 11 is 0. The van der Waals surface area contributed by atoms with Crippen molar-refractivity contribution < 1.29 is 4.74 Å². The molecule has 0 aromatic heterocycles. The van der Waals surface area contributed by atoms with E-state index in [1.165, 1.54) is 6.42 Å². The van der Waals surface area contributed by atoms with Crippen molar-refractivity contribution in [2.75, 3.05) is 7.11 Å². The Balaban J connectivity index is 2.61. The maximum atomic E-state index is 5.27. The van der Waals surface area contributed by atoms with E-state index in [-0.39, 0.29) is 0 Å². The van der Waals surface area contributed by atoms with Crippen molar-refractivity contribution in [1.82, 2.24) is 0 Å². The maximum Gasteiger partial charge on any atom is 0.0986 e. The van der Waals surface area contributed by atoms with Gasteiger partial charge in [0.1, 0.15) is 0 Å². The minimum absolute atomic E-state index is 0.559. The number of hydrogen-bond acceptors (Lipinski definition) is 1. The summed E-state index contributed by atoms with van der Waals surface area (Å²) in [4.78, 5) is 0. The Hall–Kier alpha value is -0.720. The smallest absolute Gasteiger partial charge is 0.0986 e. The van der Waals surface area contributed by atoms with Crippen molar-refractivity contribution in [1.29, 1.82) is 0 Å². The molecule has 1 nitrogen and oxygen atoms in total. The first kappa shape index (κ1) is 10.4. The Morgan fingerprint density at radius 1 is 1.46 bits per heavy atom. The molecule has 0 bridgehead atoms. The first-order valence-electron chi connectivity index (χ1n) is 5.07. The molecule has 0 spiro atoms. The van der Waals surface area contributed by atoms with Crippen LogP contribution in [0.3, 0.4) is 0 Å². The quantitative estimate of drug-likeness (QED) is 0.645. The number of allylic oxidation sites excluding steroid dienone is 4. The summed E-state index contributed by atoms with van der Waals surface area (Å²) < 4.78 is 5.27. The van der Waals surface area contributed by atoms with Gasteiger partial charge in [0.25, 0.3) is 0 Å². The summed E-state index contributed by atoms with van der Waals surface area (Å²) in [6, 6.07) is 0. The van der Waals surface area contributed by atoms with Crippen molar-refractivity contribution >= 4 is 0 Å². The second-order valence-corrected chi connectivity index (χ2v) is 4.30. The van der Waals surface area contributed by atoms with Crippen LogP contribution in [0.5, 0.6) is 0 Å². The third-order valence-electron chi connectivity index (χ3n) is 2.44. The molecule has 0 saturated carbocycles. The molecule has 1 aliphatic carbocycles. The molecule has 0 fully saturated rings. The lowest BCUT2D eigenvalue weighted by Gasteiger charge is -2.21. The largest absolute Gasteiger partial charge is 0.501 e. The van der Waals surface area contributed by atoms with E-state index in [0.29, 0.717) is 5.92 Å². The van der Waals surface area contributed by atoms with Gasteiger partial charge < -0.3 is 4.74 Å². The van der Waals surface area contributed by atoms with E-state index in [1.807, 2.05) is 0 Å². The van der Waals surface area contributed by atoms with E-state index >= 15 is 0 Å². The Labute approximate surface area is 81.5 Å². The lowest BCUT2D eigenvalue weighted by atomic mass is 9.89. The summed E-state index contributed by atoms with van der Waals surface area (Å²) in [5.41, 5.74) is 1.56. The molecule has 0 saturated heterocycles. The van der Waals surface area contributed by atoms with Crippen LogP contribution >= 0.6 is 0 Å². The number of hydrogen-bond donors (Lipinski definition) is 0. The van der Waals surface area contributed by atoms with Crippen LogP contribution < -0.4 is 0 Å². The molecule has 0 amide bonds. The molecule has 1 atom stereocenters. The highest BCUT2D eigenvalue weighted by molar-refractivity contribution is 5.23. The number of methoxy groups -OCH3 is 1. The van der Waals surface area contributed by atoms with Crippen molar-refractivity contribution in [2.24, 2.45) is 11.8 Å². The monoisotopic (exact) mass is 180 g/mol. The maximum absolute atomic E-state index is 5.27. The molecule has 0 N–H and O–H groups in total. The molecule has 1 heteroatoms. The average Bonchev–Trinajstić information content (AvgIpc) is 2.03. The van der Waals surface area contributed by atoms with Crippen LogP contribution in [-0.2, 0) is 4.74 Å². The summed E-state index contributed by atoms with van der Waals surface area (Å²) in [5.74, 6) is 2.44. The normalized spacial score (nSPS) is 22.7. The zero-order valence-electron chi connectivity index (χ0n) is 9.13. The van der Waals surface area contributed by atoms with Gasteiger partial charge in [-0.2, -0.15) is 0 Å². The van der Waals surface area contributed by atoms with Gasteiger partial charge in [-0.1, -0.05) is 32.4 Å². The van der Waals surface area contributed by atoms with Gasteiger partial charge in [0.05, 0.1) is 12.9 Å². The molecule has 0 aliphatic heterocycles. The minimum atomic E-state index is 0.559. The Morgan fingerprint density at radius 3 is 2.62 bits per heavy atom. The van der Waals surface area contributed by atoms with Gasteiger partial charge in [0.15, 0.2) is 0 Å². The predicted octanol–water partition coefficient (Wildman–Crippen LogP) is 3.53. The summed E-state index contributed by atoms with van der Waals surface area (Å²) in [7, 11) is 1.75. The van der Waals surface area contributed by atoms with Gasteiger partial charge in [-0.3, -0.25) is 0 Å². The fourth-order valence-electron chi connectivity index (χ4n) is 1.87. The van der Waals surface area contributed by atoms with E-state index in [1.54, 1.807) is 12.7 Å². The van der Waals surface area contributed by atoms with E-state index in [2.05, 4.69) is 32.9 Å². The van der Waals surface area contributed by atoms with Crippen LogP contribution in [-0.4, -0.2) is 7.11 Å². The van der Waals surface area contributed by atoms with Crippen LogP contribution in [0.4, 0.5) is 0 Å². The predicted molar refractivity (Wildman–Crippen MR) is 56.4 cm³/mol. The van der Waals surface area contributed by atoms with Crippen molar-refractivity contribution in [2.45, 2.75) is 33.6 Å². The molecule has 1 aliphatic rings. The van der Waals surface area contributed by atoms with Crippen LogP contribution in [0.2, 0.25) is 0 Å². The number of rotatable bonds is 3. The Bertz CT molecular complexity index is 223. The third-order valence-corrected chi connectivity index (χ3v) is 2.44. The van der Waals surface area contributed by atoms with Crippen LogP contribution in [0.1, 0.15) is 33.6 Å². The lowest BCUT2D eigenvalue weighted by Crippen LogP contribution is -2.08. The van der Waals surface area contributed by atoms with Crippen LogP contribution in [0.25, 0.3) is 0 Å². The van der Waals surface area contributed by atoms with Crippen molar-refractivity contribution in [3.63, 3.8) is 0 Å². The zero-order chi connectivity index (χ0) is 9.84. The van der Waals surface area contributed by atoms with Gasteiger partial charge in [-0.05, 0) is 24.8 Å². The van der Waals surface area contributed by atoms with Gasteiger partial charge in [-0.25, -0.2) is 0 Å². The molecule has 13 heavy (non-hydrogen) atoms.